The molecule has 0 N–H and O–H groups in total. The van der Waals surface area contributed by atoms with E-state index in [2.05, 4.69) is 36.1 Å². The maximum absolute atomic E-state index is 4.31. The lowest BCUT2D eigenvalue weighted by Gasteiger charge is -2.00. The highest BCUT2D eigenvalue weighted by atomic mass is 32.1. The van der Waals surface area contributed by atoms with Gasteiger partial charge >= 0.3 is 0 Å². The van der Waals surface area contributed by atoms with Gasteiger partial charge in [0.15, 0.2) is 0 Å². The fourth-order valence-electron chi connectivity index (χ4n) is 1.52. The van der Waals surface area contributed by atoms with Gasteiger partial charge in [-0.05, 0) is 23.3 Å². The maximum Gasteiger partial charge on any atom is 0.0659 e. The standard InChI is InChI=1S/C12H14N2S/c15-7-6-12-8-13-14(10-12)9-11-4-2-1-3-5-11/h1-5,8,10,15H,6-7,9H2. The number of nitrogens with zero attached hydrogens (tertiary/aromatic N) is 2. The fourth-order valence-corrected chi connectivity index (χ4v) is 1.78. The van der Waals surface area contributed by atoms with Gasteiger partial charge in [0.1, 0.15) is 0 Å². The van der Waals surface area contributed by atoms with Crippen LogP contribution in [0.25, 0.3) is 0 Å². The van der Waals surface area contributed by atoms with Gasteiger partial charge < -0.3 is 0 Å². The molecular formula is C12H14N2S. The van der Waals surface area contributed by atoms with E-state index in [1.54, 1.807) is 0 Å². The average molecular weight is 218 g/mol. The van der Waals surface area contributed by atoms with Crippen LogP contribution in [0.5, 0.6) is 0 Å². The van der Waals surface area contributed by atoms with Crippen molar-refractivity contribution in [3.05, 3.63) is 53.9 Å². The first-order chi connectivity index (χ1) is 7.38. The predicted octanol–water partition coefficient (Wildman–Crippen LogP) is 2.40. The maximum atomic E-state index is 4.31. The molecule has 1 aromatic carbocycles. The summed E-state index contributed by atoms with van der Waals surface area (Å²) in [5.41, 5.74) is 2.53. The third-order valence-electron chi connectivity index (χ3n) is 2.27. The molecule has 0 saturated heterocycles. The highest BCUT2D eigenvalue weighted by Crippen LogP contribution is 2.04. The van der Waals surface area contributed by atoms with E-state index in [1.165, 1.54) is 11.1 Å². The Balaban J connectivity index is 2.05. The SMILES string of the molecule is SCCc1cnn(Cc2ccccc2)c1. The number of rotatable bonds is 4. The van der Waals surface area contributed by atoms with Crippen molar-refractivity contribution < 1.29 is 0 Å². The molecule has 0 aliphatic rings. The molecule has 1 aromatic heterocycles. The Morgan fingerprint density at radius 1 is 1.13 bits per heavy atom. The fraction of sp³-hybridized carbons (Fsp3) is 0.250. The van der Waals surface area contributed by atoms with Gasteiger partial charge in [0, 0.05) is 6.20 Å². The Morgan fingerprint density at radius 2 is 1.93 bits per heavy atom. The number of benzene rings is 1. The summed E-state index contributed by atoms with van der Waals surface area (Å²) >= 11 is 4.20. The Kier molecular flexibility index (Phi) is 3.45. The van der Waals surface area contributed by atoms with Crippen LogP contribution in [0.3, 0.4) is 0 Å². The predicted molar refractivity (Wildman–Crippen MR) is 65.3 cm³/mol. The van der Waals surface area contributed by atoms with E-state index in [0.717, 1.165) is 18.7 Å². The van der Waals surface area contributed by atoms with E-state index < -0.39 is 0 Å². The van der Waals surface area contributed by atoms with Crippen molar-refractivity contribution in [1.29, 1.82) is 0 Å². The summed E-state index contributed by atoms with van der Waals surface area (Å²) < 4.78 is 1.97. The zero-order valence-corrected chi connectivity index (χ0v) is 9.40. The monoisotopic (exact) mass is 218 g/mol. The van der Waals surface area contributed by atoms with Crippen molar-refractivity contribution >= 4 is 12.6 Å². The van der Waals surface area contributed by atoms with Gasteiger partial charge in [-0.3, -0.25) is 4.68 Å². The van der Waals surface area contributed by atoms with Crippen molar-refractivity contribution in [3.8, 4) is 0 Å². The van der Waals surface area contributed by atoms with E-state index in [0.29, 0.717) is 0 Å². The molecule has 0 bridgehead atoms. The van der Waals surface area contributed by atoms with E-state index in [9.17, 15) is 0 Å². The summed E-state index contributed by atoms with van der Waals surface area (Å²) in [6.45, 7) is 0.841. The first-order valence-electron chi connectivity index (χ1n) is 5.04. The van der Waals surface area contributed by atoms with E-state index >= 15 is 0 Å². The second-order valence-electron chi connectivity index (χ2n) is 3.51. The van der Waals surface area contributed by atoms with Crippen molar-refractivity contribution in [3.63, 3.8) is 0 Å². The third-order valence-corrected chi connectivity index (χ3v) is 2.50. The molecule has 0 aliphatic heterocycles. The van der Waals surface area contributed by atoms with Gasteiger partial charge in [-0.25, -0.2) is 0 Å². The van der Waals surface area contributed by atoms with Crippen LogP contribution < -0.4 is 0 Å². The van der Waals surface area contributed by atoms with Crippen LogP contribution in [0.1, 0.15) is 11.1 Å². The molecular weight excluding hydrogens is 204 g/mol. The molecule has 2 nitrogen and oxygen atoms in total. The Morgan fingerprint density at radius 3 is 2.67 bits per heavy atom. The number of thiol groups is 1. The number of hydrogen-bond donors (Lipinski definition) is 1. The average Bonchev–Trinajstić information content (AvgIpc) is 2.68. The van der Waals surface area contributed by atoms with Crippen molar-refractivity contribution in [2.45, 2.75) is 13.0 Å². The van der Waals surface area contributed by atoms with Crippen LogP contribution in [0.2, 0.25) is 0 Å². The molecule has 0 spiro atoms. The molecule has 78 valence electrons. The van der Waals surface area contributed by atoms with Gasteiger partial charge in [0.05, 0.1) is 12.7 Å². The number of aryl methyl sites for hydroxylation is 1. The van der Waals surface area contributed by atoms with Crippen LogP contribution in [0.15, 0.2) is 42.7 Å². The molecule has 3 heteroatoms. The topological polar surface area (TPSA) is 17.8 Å². The molecule has 0 atom stereocenters. The molecule has 2 rings (SSSR count). The van der Waals surface area contributed by atoms with Gasteiger partial charge in [0.25, 0.3) is 0 Å². The Hall–Kier alpha value is -1.22. The summed E-state index contributed by atoms with van der Waals surface area (Å²) in [6.07, 6.45) is 4.99. The lowest BCUT2D eigenvalue weighted by molar-refractivity contribution is 0.686. The van der Waals surface area contributed by atoms with E-state index in [-0.39, 0.29) is 0 Å². The van der Waals surface area contributed by atoms with Crippen LogP contribution in [0.4, 0.5) is 0 Å². The third kappa shape index (κ3) is 2.86. The highest BCUT2D eigenvalue weighted by Gasteiger charge is 1.98. The lowest BCUT2D eigenvalue weighted by Crippen LogP contribution is -1.99. The van der Waals surface area contributed by atoms with Crippen molar-refractivity contribution in [2.24, 2.45) is 0 Å². The van der Waals surface area contributed by atoms with Gasteiger partial charge in [-0.2, -0.15) is 17.7 Å². The zero-order chi connectivity index (χ0) is 10.5. The van der Waals surface area contributed by atoms with Crippen LogP contribution in [-0.4, -0.2) is 15.5 Å². The molecule has 0 unspecified atom stereocenters. The highest BCUT2D eigenvalue weighted by molar-refractivity contribution is 7.80. The summed E-state index contributed by atoms with van der Waals surface area (Å²) in [4.78, 5) is 0. The van der Waals surface area contributed by atoms with Crippen molar-refractivity contribution in [1.82, 2.24) is 9.78 Å². The second-order valence-corrected chi connectivity index (χ2v) is 3.95. The molecule has 0 fully saturated rings. The first kappa shape index (κ1) is 10.3. The second kappa shape index (κ2) is 5.03. The summed E-state index contributed by atoms with van der Waals surface area (Å²) in [7, 11) is 0. The largest absolute Gasteiger partial charge is 0.268 e. The van der Waals surface area contributed by atoms with Crippen LogP contribution >= 0.6 is 12.6 Å². The van der Waals surface area contributed by atoms with Crippen molar-refractivity contribution in [2.75, 3.05) is 5.75 Å². The first-order valence-corrected chi connectivity index (χ1v) is 5.68. The van der Waals surface area contributed by atoms with E-state index in [1.807, 2.05) is 29.1 Å². The van der Waals surface area contributed by atoms with E-state index in [4.69, 9.17) is 0 Å². The molecule has 1 heterocycles. The summed E-state index contributed by atoms with van der Waals surface area (Å²) in [6, 6.07) is 10.3. The Bertz CT molecular complexity index is 409. The quantitative estimate of drug-likeness (QED) is 0.780. The smallest absolute Gasteiger partial charge is 0.0659 e. The zero-order valence-electron chi connectivity index (χ0n) is 8.50. The minimum Gasteiger partial charge on any atom is -0.268 e. The molecule has 0 radical (unpaired) electrons. The molecule has 0 saturated carbocycles. The lowest BCUT2D eigenvalue weighted by atomic mass is 10.2. The summed E-state index contributed by atoms with van der Waals surface area (Å²) in [5.74, 6) is 0.872. The van der Waals surface area contributed by atoms with Crippen LogP contribution in [0, 0.1) is 0 Å². The van der Waals surface area contributed by atoms with Gasteiger partial charge in [-0.15, -0.1) is 0 Å². The number of hydrogen-bond acceptors (Lipinski definition) is 2. The normalized spacial score (nSPS) is 10.5. The van der Waals surface area contributed by atoms with Crippen LogP contribution in [-0.2, 0) is 13.0 Å². The Labute approximate surface area is 95.3 Å². The minimum atomic E-state index is 0.841. The van der Waals surface area contributed by atoms with Gasteiger partial charge in [-0.1, -0.05) is 30.3 Å². The van der Waals surface area contributed by atoms with Gasteiger partial charge in [0.2, 0.25) is 0 Å². The molecule has 2 aromatic rings. The summed E-state index contributed by atoms with van der Waals surface area (Å²) in [5, 5.41) is 4.31. The molecule has 0 aliphatic carbocycles. The number of aromatic nitrogens is 2. The molecule has 0 amide bonds. The minimum absolute atomic E-state index is 0.841. The molecule has 15 heavy (non-hydrogen) atoms.